The van der Waals surface area contributed by atoms with Crippen molar-refractivity contribution in [1.82, 2.24) is 5.32 Å². The van der Waals surface area contributed by atoms with Crippen molar-refractivity contribution in [2.75, 3.05) is 5.75 Å². The molecular formula is C14H15ClN2O3S3. The van der Waals surface area contributed by atoms with Gasteiger partial charge in [0, 0.05) is 15.7 Å². The molecule has 0 aliphatic heterocycles. The first-order valence-corrected chi connectivity index (χ1v) is 10.4. The lowest BCUT2D eigenvalue weighted by Gasteiger charge is -2.04. The largest absolute Gasteiger partial charge is 0.350 e. The Morgan fingerprint density at radius 1 is 1.30 bits per heavy atom. The molecule has 5 nitrogen and oxygen atoms in total. The van der Waals surface area contributed by atoms with Gasteiger partial charge in [-0.05, 0) is 29.8 Å². The number of thioether (sulfide) groups is 1. The number of halogens is 1. The predicted octanol–water partition coefficient (Wildman–Crippen LogP) is 2.60. The molecular weight excluding hydrogens is 376 g/mol. The van der Waals surface area contributed by atoms with Gasteiger partial charge in [0.15, 0.2) is 0 Å². The van der Waals surface area contributed by atoms with Gasteiger partial charge >= 0.3 is 0 Å². The number of hydrogen-bond acceptors (Lipinski definition) is 5. The highest BCUT2D eigenvalue weighted by atomic mass is 35.5. The summed E-state index contributed by atoms with van der Waals surface area (Å²) in [6, 6.07) is 10.6. The third-order valence-corrected chi connectivity index (χ3v) is 6.53. The monoisotopic (exact) mass is 390 g/mol. The average Bonchev–Trinajstić information content (AvgIpc) is 2.94. The topological polar surface area (TPSA) is 89.3 Å². The van der Waals surface area contributed by atoms with Crippen molar-refractivity contribution < 1.29 is 13.2 Å². The van der Waals surface area contributed by atoms with Crippen LogP contribution in [0, 0.1) is 0 Å². The molecule has 0 fully saturated rings. The van der Waals surface area contributed by atoms with Crippen molar-refractivity contribution in [1.29, 1.82) is 0 Å². The highest BCUT2D eigenvalue weighted by molar-refractivity contribution is 7.99. The van der Waals surface area contributed by atoms with E-state index in [2.05, 4.69) is 5.32 Å². The van der Waals surface area contributed by atoms with Crippen LogP contribution in [0.25, 0.3) is 0 Å². The lowest BCUT2D eigenvalue weighted by atomic mass is 10.2. The van der Waals surface area contributed by atoms with Gasteiger partial charge in [-0.25, -0.2) is 13.6 Å². The number of amides is 1. The van der Waals surface area contributed by atoms with Gasteiger partial charge in [0.1, 0.15) is 4.21 Å². The van der Waals surface area contributed by atoms with Gasteiger partial charge in [-0.15, -0.1) is 23.1 Å². The van der Waals surface area contributed by atoms with Crippen molar-refractivity contribution in [3.05, 3.63) is 51.9 Å². The van der Waals surface area contributed by atoms with E-state index in [0.29, 0.717) is 16.5 Å². The van der Waals surface area contributed by atoms with E-state index >= 15 is 0 Å². The number of thiophene rings is 1. The summed E-state index contributed by atoms with van der Waals surface area (Å²) in [6.07, 6.45) is 0. The van der Waals surface area contributed by atoms with E-state index in [1.165, 1.54) is 17.8 Å². The van der Waals surface area contributed by atoms with Crippen molar-refractivity contribution >= 4 is 50.6 Å². The number of carbonyl (C=O) groups is 1. The third kappa shape index (κ3) is 6.15. The Bertz CT molecular complexity index is 790. The summed E-state index contributed by atoms with van der Waals surface area (Å²) >= 11 is 8.44. The first kappa shape index (κ1) is 18.3. The smallest absolute Gasteiger partial charge is 0.247 e. The zero-order valence-electron chi connectivity index (χ0n) is 12.0. The molecule has 0 saturated heterocycles. The lowest BCUT2D eigenvalue weighted by molar-refractivity contribution is -0.118. The lowest BCUT2D eigenvalue weighted by Crippen LogP contribution is -2.24. The summed E-state index contributed by atoms with van der Waals surface area (Å²) in [7, 11) is -3.68. The van der Waals surface area contributed by atoms with E-state index in [0.717, 1.165) is 21.8 Å². The van der Waals surface area contributed by atoms with Crippen LogP contribution < -0.4 is 10.5 Å². The van der Waals surface area contributed by atoms with Crippen LogP contribution in [0.5, 0.6) is 0 Å². The van der Waals surface area contributed by atoms with E-state index in [1.54, 1.807) is 12.1 Å². The Kier molecular flexibility index (Phi) is 6.49. The van der Waals surface area contributed by atoms with Gasteiger partial charge in [0.05, 0.1) is 12.3 Å². The fourth-order valence-corrected chi connectivity index (χ4v) is 4.47. The molecule has 23 heavy (non-hydrogen) atoms. The van der Waals surface area contributed by atoms with Crippen LogP contribution in [0.4, 0.5) is 0 Å². The number of benzene rings is 1. The molecule has 9 heteroatoms. The van der Waals surface area contributed by atoms with Crippen LogP contribution in [0.1, 0.15) is 10.4 Å². The van der Waals surface area contributed by atoms with Crippen LogP contribution in [-0.4, -0.2) is 20.1 Å². The maximum Gasteiger partial charge on any atom is 0.247 e. The summed E-state index contributed by atoms with van der Waals surface area (Å²) in [5, 5.41) is 8.47. The van der Waals surface area contributed by atoms with Crippen LogP contribution >= 0.6 is 34.7 Å². The molecule has 0 aliphatic rings. The quantitative estimate of drug-likeness (QED) is 0.760. The average molecular weight is 391 g/mol. The number of sulfonamides is 1. The molecule has 2 rings (SSSR count). The molecule has 0 atom stereocenters. The fraction of sp³-hybridized carbons (Fsp3) is 0.214. The van der Waals surface area contributed by atoms with Gasteiger partial charge in [0.2, 0.25) is 15.9 Å². The maximum absolute atomic E-state index is 11.8. The molecule has 1 aromatic heterocycles. The minimum absolute atomic E-state index is 0.0945. The molecule has 0 aliphatic carbocycles. The molecule has 124 valence electrons. The summed E-state index contributed by atoms with van der Waals surface area (Å²) in [4.78, 5) is 12.5. The first-order chi connectivity index (χ1) is 10.8. The van der Waals surface area contributed by atoms with Gasteiger partial charge in [-0.3, -0.25) is 4.79 Å². The summed E-state index contributed by atoms with van der Waals surface area (Å²) in [5.74, 6) is 0.908. The van der Waals surface area contributed by atoms with E-state index in [4.69, 9.17) is 16.7 Å². The number of rotatable bonds is 7. The normalized spacial score (nSPS) is 11.4. The number of nitrogens with two attached hydrogens (primary N) is 1. The summed E-state index contributed by atoms with van der Waals surface area (Å²) < 4.78 is 22.4. The molecule has 0 radical (unpaired) electrons. The van der Waals surface area contributed by atoms with Crippen LogP contribution in [0.3, 0.4) is 0 Å². The van der Waals surface area contributed by atoms with E-state index in [9.17, 15) is 13.2 Å². The van der Waals surface area contributed by atoms with Crippen molar-refractivity contribution in [2.24, 2.45) is 5.14 Å². The van der Waals surface area contributed by atoms with Gasteiger partial charge in [-0.1, -0.05) is 23.7 Å². The standard InChI is InChI=1S/C14H15ClN2O3S3/c15-11-3-1-2-10(6-11)8-21-9-13(18)17-7-12-4-5-14(22-12)23(16,19)20/h1-6H,7-9H2,(H,17,18)(H2,16,19,20). The molecule has 1 heterocycles. The van der Waals surface area contributed by atoms with Crippen molar-refractivity contribution in [2.45, 2.75) is 16.5 Å². The highest BCUT2D eigenvalue weighted by Gasteiger charge is 2.11. The molecule has 3 N–H and O–H groups in total. The Morgan fingerprint density at radius 2 is 2.09 bits per heavy atom. The van der Waals surface area contributed by atoms with Gasteiger partial charge in [0.25, 0.3) is 0 Å². The van der Waals surface area contributed by atoms with E-state index in [-0.39, 0.29) is 16.7 Å². The second kappa shape index (κ2) is 8.16. The van der Waals surface area contributed by atoms with Crippen molar-refractivity contribution in [3.63, 3.8) is 0 Å². The zero-order chi connectivity index (χ0) is 16.9. The number of nitrogens with one attached hydrogen (secondary N) is 1. The minimum Gasteiger partial charge on any atom is -0.350 e. The first-order valence-electron chi connectivity index (χ1n) is 6.55. The summed E-state index contributed by atoms with van der Waals surface area (Å²) in [5.41, 5.74) is 1.06. The molecule has 1 aromatic carbocycles. The second-order valence-electron chi connectivity index (χ2n) is 4.67. The molecule has 0 unspecified atom stereocenters. The molecule has 1 amide bonds. The van der Waals surface area contributed by atoms with Gasteiger partial charge in [-0.2, -0.15) is 0 Å². The SMILES string of the molecule is NS(=O)(=O)c1ccc(CNC(=O)CSCc2cccc(Cl)c2)s1. The molecule has 0 bridgehead atoms. The number of carbonyl (C=O) groups excluding carboxylic acids is 1. The van der Waals surface area contributed by atoms with Crippen LogP contribution in [-0.2, 0) is 27.1 Å². The second-order valence-corrected chi connectivity index (χ2v) is 9.04. The van der Waals surface area contributed by atoms with E-state index in [1.807, 2.05) is 18.2 Å². The zero-order valence-corrected chi connectivity index (χ0v) is 15.2. The van der Waals surface area contributed by atoms with Gasteiger partial charge < -0.3 is 5.32 Å². The summed E-state index contributed by atoms with van der Waals surface area (Å²) in [6.45, 7) is 0.288. The highest BCUT2D eigenvalue weighted by Crippen LogP contribution is 2.20. The third-order valence-electron chi connectivity index (χ3n) is 2.77. The van der Waals surface area contributed by atoms with Crippen LogP contribution in [0.15, 0.2) is 40.6 Å². The molecule has 0 saturated carbocycles. The Balaban J connectivity index is 1.74. The minimum atomic E-state index is -3.68. The molecule has 2 aromatic rings. The van der Waals surface area contributed by atoms with E-state index < -0.39 is 10.0 Å². The maximum atomic E-state index is 11.8. The van der Waals surface area contributed by atoms with Crippen LogP contribution in [0.2, 0.25) is 5.02 Å². The molecule has 0 spiro atoms. The Hall–Kier alpha value is -1.06. The number of primary sulfonamides is 1. The predicted molar refractivity (Wildman–Crippen MR) is 95.2 cm³/mol. The Morgan fingerprint density at radius 3 is 2.74 bits per heavy atom. The number of hydrogen-bond donors (Lipinski definition) is 2. The van der Waals surface area contributed by atoms with Crippen molar-refractivity contribution in [3.8, 4) is 0 Å². The Labute approximate surface area is 148 Å². The fourth-order valence-electron chi connectivity index (χ4n) is 1.73.